The quantitative estimate of drug-likeness (QED) is 0.140. The van der Waals surface area contributed by atoms with Gasteiger partial charge in [0.1, 0.15) is 12.1 Å². The summed E-state index contributed by atoms with van der Waals surface area (Å²) >= 11 is 0. The van der Waals surface area contributed by atoms with Crippen LogP contribution in [-0.2, 0) is 27.0 Å². The van der Waals surface area contributed by atoms with E-state index in [4.69, 9.17) is 11.5 Å². The molecular formula is C23H28F3N8O5+. The lowest BCUT2D eigenvalue weighted by Crippen LogP contribution is -2.90. The number of carbonyl (C=O) groups excluding carboxylic acids is 3. The average Bonchev–Trinajstić information content (AvgIpc) is 3.41. The maximum Gasteiger partial charge on any atom is 0.416 e. The maximum atomic E-state index is 13.2. The molecule has 5 rings (SSSR count). The molecule has 9 N–H and O–H groups in total. The van der Waals surface area contributed by atoms with Gasteiger partial charge in [-0.15, -0.1) is 0 Å². The number of imide groups is 1. The summed E-state index contributed by atoms with van der Waals surface area (Å²) in [4.78, 5) is 46.9. The fraction of sp³-hybridized carbons (Fsp3) is 0.522. The van der Waals surface area contributed by atoms with Crippen LogP contribution in [0.5, 0.6) is 0 Å². The Balaban J connectivity index is 1.39. The van der Waals surface area contributed by atoms with E-state index in [0.29, 0.717) is 5.56 Å². The number of aliphatic imine (C=N–C) groups is 1. The van der Waals surface area contributed by atoms with Gasteiger partial charge in [-0.3, -0.25) is 34.9 Å². The predicted molar refractivity (Wildman–Crippen MR) is 127 cm³/mol. The lowest BCUT2D eigenvalue weighted by Gasteiger charge is -2.46. The van der Waals surface area contributed by atoms with Gasteiger partial charge in [0.25, 0.3) is 5.66 Å². The Morgan fingerprint density at radius 3 is 2.54 bits per heavy atom. The number of aryl methyl sites for hydroxylation is 1. The minimum absolute atomic E-state index is 0.0517. The van der Waals surface area contributed by atoms with Crippen LogP contribution in [0.4, 0.5) is 13.2 Å². The van der Waals surface area contributed by atoms with E-state index in [1.807, 2.05) is 0 Å². The van der Waals surface area contributed by atoms with Gasteiger partial charge in [0.05, 0.1) is 25.1 Å². The first-order valence-electron chi connectivity index (χ1n) is 12.2. The SMILES string of the molecule is Cc1cc(CC(=O)N[C@H]2CN3C(N)=N[C@@H](CN4C(=O)CCC4=O)[C@@H]4[NH+]=C(N)N[C@@]43C2(O)O)cc(C(F)(F)F)c1. The summed E-state index contributed by atoms with van der Waals surface area (Å²) in [5.41, 5.74) is 9.81. The van der Waals surface area contributed by atoms with Crippen LogP contribution in [0, 0.1) is 6.92 Å². The first-order chi connectivity index (χ1) is 18.1. The number of carbonyl (C=O) groups is 3. The van der Waals surface area contributed by atoms with E-state index in [1.165, 1.54) is 17.9 Å². The molecule has 1 aromatic rings. The molecule has 210 valence electrons. The number of hydrogen-bond donors (Lipinski definition) is 7. The minimum Gasteiger partial charge on any atom is -0.370 e. The number of amides is 3. The molecular weight excluding hydrogens is 525 g/mol. The number of nitrogens with one attached hydrogen (secondary N) is 3. The monoisotopic (exact) mass is 553 g/mol. The van der Waals surface area contributed by atoms with Crippen molar-refractivity contribution in [3.05, 3.63) is 34.9 Å². The van der Waals surface area contributed by atoms with E-state index >= 15 is 0 Å². The zero-order valence-corrected chi connectivity index (χ0v) is 20.7. The molecule has 16 heteroatoms. The van der Waals surface area contributed by atoms with Crippen LogP contribution in [-0.4, -0.2) is 92.3 Å². The zero-order valence-electron chi connectivity index (χ0n) is 20.7. The molecule has 0 bridgehead atoms. The Kier molecular flexibility index (Phi) is 6.02. The third-order valence-corrected chi connectivity index (χ3v) is 7.57. The molecule has 1 spiro atoms. The first kappa shape index (κ1) is 26.7. The second-order valence-corrected chi connectivity index (χ2v) is 10.2. The van der Waals surface area contributed by atoms with Gasteiger partial charge in [-0.25, -0.2) is 10.3 Å². The van der Waals surface area contributed by atoms with Crippen LogP contribution in [0.1, 0.15) is 29.5 Å². The van der Waals surface area contributed by atoms with E-state index < -0.39 is 65.5 Å². The summed E-state index contributed by atoms with van der Waals surface area (Å²) in [5.74, 6) is -4.51. The average molecular weight is 554 g/mol. The number of nitrogens with zero attached hydrogens (tertiary/aromatic N) is 3. The van der Waals surface area contributed by atoms with Gasteiger partial charge in [0.2, 0.25) is 23.5 Å². The number of benzene rings is 1. The molecule has 0 unspecified atom stereocenters. The van der Waals surface area contributed by atoms with Crippen molar-refractivity contribution in [1.29, 1.82) is 0 Å². The molecule has 39 heavy (non-hydrogen) atoms. The molecule has 4 aliphatic heterocycles. The number of guanidine groups is 2. The van der Waals surface area contributed by atoms with Crippen molar-refractivity contribution in [2.24, 2.45) is 16.5 Å². The second-order valence-electron chi connectivity index (χ2n) is 10.2. The third-order valence-electron chi connectivity index (χ3n) is 7.57. The largest absolute Gasteiger partial charge is 0.416 e. The van der Waals surface area contributed by atoms with E-state index in [0.717, 1.165) is 17.0 Å². The Hall–Kier alpha value is -3.92. The molecule has 0 aliphatic carbocycles. The highest BCUT2D eigenvalue weighted by molar-refractivity contribution is 6.02. The smallest absolute Gasteiger partial charge is 0.370 e. The maximum absolute atomic E-state index is 13.2. The summed E-state index contributed by atoms with van der Waals surface area (Å²) in [7, 11) is 0. The van der Waals surface area contributed by atoms with Crippen molar-refractivity contribution in [3.63, 3.8) is 0 Å². The fourth-order valence-electron chi connectivity index (χ4n) is 5.89. The van der Waals surface area contributed by atoms with Crippen LogP contribution in [0.3, 0.4) is 0 Å². The summed E-state index contributed by atoms with van der Waals surface area (Å²) in [6.07, 6.45) is -4.95. The third kappa shape index (κ3) is 4.23. The molecule has 0 radical (unpaired) electrons. The number of nitrogens with two attached hydrogens (primary N) is 2. The first-order valence-corrected chi connectivity index (χ1v) is 12.2. The zero-order chi connectivity index (χ0) is 28.5. The Morgan fingerprint density at radius 2 is 1.90 bits per heavy atom. The van der Waals surface area contributed by atoms with Gasteiger partial charge in [0.15, 0.2) is 12.0 Å². The molecule has 4 aliphatic rings. The van der Waals surface area contributed by atoms with Crippen molar-refractivity contribution in [2.75, 3.05) is 13.1 Å². The normalized spacial score (nSPS) is 29.5. The standard InChI is InChI=1S/C23H27F3N8O5/c1-10-4-11(6-12(5-10)23(24,25)26)7-15(35)30-14-9-34-20(28)29-13(8-33-16(36)2-3-17(33)37)18-21(34,22(14,38)39)32-19(27)31-18/h4-6,13-14,18,38-39H,2-3,7-9H2,1H3,(H2,28,29)(H,30,35)(H3,27,31,32)/p+1/t13-,14-,18-,21-/m0/s1. The van der Waals surface area contributed by atoms with E-state index in [-0.39, 0.29) is 43.4 Å². The topological polar surface area (TPSA) is 201 Å². The number of halogens is 3. The van der Waals surface area contributed by atoms with E-state index in [9.17, 15) is 37.8 Å². The highest BCUT2D eigenvalue weighted by Crippen LogP contribution is 2.41. The molecule has 0 saturated carbocycles. The molecule has 13 nitrogen and oxygen atoms in total. The lowest BCUT2D eigenvalue weighted by atomic mass is 9.84. The molecule has 1 aromatic carbocycles. The molecule has 4 heterocycles. The highest BCUT2D eigenvalue weighted by Gasteiger charge is 2.76. The van der Waals surface area contributed by atoms with Crippen LogP contribution in [0.2, 0.25) is 0 Å². The van der Waals surface area contributed by atoms with Crippen molar-refractivity contribution >= 4 is 29.6 Å². The summed E-state index contributed by atoms with van der Waals surface area (Å²) in [6, 6.07) is -0.0680. The molecule has 4 atom stereocenters. The van der Waals surface area contributed by atoms with Gasteiger partial charge >= 0.3 is 12.1 Å². The van der Waals surface area contributed by atoms with Gasteiger partial charge in [-0.05, 0) is 24.6 Å². The van der Waals surface area contributed by atoms with Gasteiger partial charge in [-0.1, -0.05) is 11.6 Å². The van der Waals surface area contributed by atoms with Crippen LogP contribution in [0.25, 0.3) is 0 Å². The minimum atomic E-state index is -4.60. The Bertz CT molecular complexity index is 1300. The second kappa shape index (κ2) is 8.81. The number of aliphatic hydroxyl groups is 2. The van der Waals surface area contributed by atoms with Gasteiger partial charge in [0, 0.05) is 12.8 Å². The van der Waals surface area contributed by atoms with Crippen molar-refractivity contribution < 1.29 is 42.8 Å². The van der Waals surface area contributed by atoms with E-state index in [1.54, 1.807) is 0 Å². The predicted octanol–water partition coefficient (Wildman–Crippen LogP) is -4.05. The molecule has 2 fully saturated rings. The van der Waals surface area contributed by atoms with Gasteiger partial charge in [-0.2, -0.15) is 13.2 Å². The number of hydrogen-bond acceptors (Lipinski definition) is 10. The summed E-state index contributed by atoms with van der Waals surface area (Å²) in [6.45, 7) is 1.03. The number of likely N-dealkylation sites (tertiary alicyclic amines) is 1. The number of alkyl halides is 3. The Morgan fingerprint density at radius 1 is 1.23 bits per heavy atom. The number of rotatable bonds is 5. The molecule has 0 aromatic heterocycles. The van der Waals surface area contributed by atoms with Crippen molar-refractivity contribution in [2.45, 2.75) is 61.9 Å². The van der Waals surface area contributed by atoms with E-state index in [2.05, 4.69) is 20.6 Å². The van der Waals surface area contributed by atoms with Crippen LogP contribution < -0.4 is 27.1 Å². The summed E-state index contributed by atoms with van der Waals surface area (Å²) < 4.78 is 39.7. The van der Waals surface area contributed by atoms with Gasteiger partial charge < -0.3 is 21.3 Å². The van der Waals surface area contributed by atoms with Crippen LogP contribution >= 0.6 is 0 Å². The van der Waals surface area contributed by atoms with Crippen LogP contribution in [0.15, 0.2) is 23.2 Å². The lowest BCUT2D eigenvalue weighted by molar-refractivity contribution is -0.521. The summed E-state index contributed by atoms with van der Waals surface area (Å²) in [5, 5.41) is 28.2. The fourth-order valence-corrected chi connectivity index (χ4v) is 5.89. The Labute approximate surface area is 219 Å². The van der Waals surface area contributed by atoms with Crippen molar-refractivity contribution in [3.8, 4) is 0 Å². The molecule has 3 amide bonds. The molecule has 2 saturated heterocycles. The highest BCUT2D eigenvalue weighted by atomic mass is 19.4. The van der Waals surface area contributed by atoms with Crippen molar-refractivity contribution in [1.82, 2.24) is 20.4 Å².